The normalized spacial score (nSPS) is 13.8. The third kappa shape index (κ3) is 2.15. The van der Waals surface area contributed by atoms with Gasteiger partial charge in [0.2, 0.25) is 5.82 Å². The largest absolute Gasteiger partial charge is 0.358 e. The van der Waals surface area contributed by atoms with E-state index < -0.39 is 0 Å². The van der Waals surface area contributed by atoms with Gasteiger partial charge in [-0.1, -0.05) is 0 Å². The van der Waals surface area contributed by atoms with Gasteiger partial charge in [0.15, 0.2) is 5.69 Å². The number of aromatic nitrogens is 8. The van der Waals surface area contributed by atoms with Gasteiger partial charge in [0.25, 0.3) is 0 Å². The summed E-state index contributed by atoms with van der Waals surface area (Å²) in [5.41, 5.74) is 4.23. The lowest BCUT2D eigenvalue weighted by Crippen LogP contribution is -2.13. The van der Waals surface area contributed by atoms with Crippen molar-refractivity contribution in [3.05, 3.63) is 30.9 Å². The maximum atomic E-state index is 4.42. The van der Waals surface area contributed by atoms with Crippen molar-refractivity contribution in [1.82, 2.24) is 40.6 Å². The highest BCUT2D eigenvalue weighted by Crippen LogP contribution is 2.39. The highest BCUT2D eigenvalue weighted by Gasteiger charge is 2.25. The zero-order valence-electron chi connectivity index (χ0n) is 13.1. The average molecular weight is 334 g/mol. The topological polar surface area (TPSA) is 130 Å². The molecule has 0 bridgehead atoms. The zero-order valence-corrected chi connectivity index (χ0v) is 13.1. The molecule has 0 atom stereocenters. The number of hydrogen-bond acceptors (Lipinski definition) is 6. The lowest BCUT2D eigenvalue weighted by atomic mass is 10.1. The molecular weight excluding hydrogens is 320 g/mol. The maximum Gasteiger partial charge on any atom is 0.200 e. The van der Waals surface area contributed by atoms with E-state index in [9.17, 15) is 0 Å². The van der Waals surface area contributed by atoms with Crippen molar-refractivity contribution >= 4 is 12.0 Å². The average Bonchev–Trinajstić information content (AvgIpc) is 3.48. The number of rotatable bonds is 4. The first-order valence-corrected chi connectivity index (χ1v) is 7.84. The minimum absolute atomic E-state index is 0.680. The van der Waals surface area contributed by atoms with E-state index >= 15 is 0 Å². The third-order valence-electron chi connectivity index (χ3n) is 4.11. The SMILES string of the molecule is C1=NN(c2n[nH]nc2-c2[nH]cc(-c3ccn[nH]3)c2-c2ncc[nH]2)CC1. The Kier molecular flexibility index (Phi) is 2.99. The summed E-state index contributed by atoms with van der Waals surface area (Å²) in [6, 6.07) is 1.91. The number of aromatic amines is 4. The Labute approximate surface area is 141 Å². The molecule has 0 fully saturated rings. The minimum Gasteiger partial charge on any atom is -0.358 e. The van der Waals surface area contributed by atoms with Crippen molar-refractivity contribution in [3.8, 4) is 34.0 Å². The van der Waals surface area contributed by atoms with Crippen molar-refractivity contribution in [2.45, 2.75) is 6.42 Å². The van der Waals surface area contributed by atoms with E-state index in [-0.39, 0.29) is 0 Å². The third-order valence-corrected chi connectivity index (χ3v) is 4.11. The van der Waals surface area contributed by atoms with Crippen LogP contribution in [0.1, 0.15) is 6.42 Å². The monoisotopic (exact) mass is 334 g/mol. The number of H-pyrrole nitrogens is 4. The molecule has 0 saturated carbocycles. The molecule has 0 spiro atoms. The molecule has 1 aliphatic rings. The van der Waals surface area contributed by atoms with Crippen LogP contribution >= 0.6 is 0 Å². The Morgan fingerprint density at radius 2 is 2.12 bits per heavy atom. The van der Waals surface area contributed by atoms with E-state index in [1.165, 1.54) is 0 Å². The van der Waals surface area contributed by atoms with Crippen molar-refractivity contribution in [2.24, 2.45) is 5.10 Å². The molecule has 0 unspecified atom stereocenters. The molecule has 5 rings (SSSR count). The van der Waals surface area contributed by atoms with Gasteiger partial charge in [-0.25, -0.2) is 9.99 Å². The predicted octanol–water partition coefficient (Wildman–Crippen LogP) is 1.78. The van der Waals surface area contributed by atoms with Gasteiger partial charge in [0.1, 0.15) is 5.82 Å². The van der Waals surface area contributed by atoms with Crippen LogP contribution in [0.15, 0.2) is 36.0 Å². The molecule has 25 heavy (non-hydrogen) atoms. The van der Waals surface area contributed by atoms with Crippen LogP contribution in [0.3, 0.4) is 0 Å². The Balaban J connectivity index is 1.71. The second-order valence-electron chi connectivity index (χ2n) is 5.57. The molecule has 0 aliphatic carbocycles. The second-order valence-corrected chi connectivity index (χ2v) is 5.57. The fourth-order valence-corrected chi connectivity index (χ4v) is 3.00. The minimum atomic E-state index is 0.680. The molecule has 4 aromatic rings. The van der Waals surface area contributed by atoms with Crippen molar-refractivity contribution in [3.63, 3.8) is 0 Å². The van der Waals surface area contributed by atoms with Gasteiger partial charge in [-0.05, 0) is 6.07 Å². The summed E-state index contributed by atoms with van der Waals surface area (Å²) in [5, 5.41) is 24.5. The molecule has 0 aromatic carbocycles. The summed E-state index contributed by atoms with van der Waals surface area (Å²) < 4.78 is 0. The van der Waals surface area contributed by atoms with Gasteiger partial charge in [-0.2, -0.15) is 20.5 Å². The Morgan fingerprint density at radius 1 is 1.12 bits per heavy atom. The van der Waals surface area contributed by atoms with Crippen LogP contribution in [0.5, 0.6) is 0 Å². The summed E-state index contributed by atoms with van der Waals surface area (Å²) in [4.78, 5) is 10.9. The Hall–Kier alpha value is -3.69. The predicted molar refractivity (Wildman–Crippen MR) is 91.8 cm³/mol. The van der Waals surface area contributed by atoms with Crippen LogP contribution < -0.4 is 5.01 Å². The van der Waals surface area contributed by atoms with E-state index in [0.717, 1.165) is 41.3 Å². The number of anilines is 1. The maximum absolute atomic E-state index is 4.42. The standard InChI is InChI=1S/C15H14N10/c1-3-20-25(7-1)15-13(22-24-23-15)12-11(14-16-5-6-17-14)9(8-18-12)10-2-4-19-21-10/h2-6,8,18H,1,7H2,(H,16,17)(H,19,21)(H,22,23,24). The number of nitrogens with one attached hydrogen (secondary N) is 4. The molecule has 5 heterocycles. The van der Waals surface area contributed by atoms with Gasteiger partial charge in [-0.3, -0.25) is 5.10 Å². The Bertz CT molecular complexity index is 1010. The van der Waals surface area contributed by atoms with E-state index in [0.29, 0.717) is 11.5 Å². The summed E-state index contributed by atoms with van der Waals surface area (Å²) in [7, 11) is 0. The number of imidazole rings is 1. The van der Waals surface area contributed by atoms with Gasteiger partial charge < -0.3 is 9.97 Å². The number of nitrogens with zero attached hydrogens (tertiary/aromatic N) is 6. The summed E-state index contributed by atoms with van der Waals surface area (Å²) in [5.74, 6) is 1.42. The van der Waals surface area contributed by atoms with E-state index in [1.807, 2.05) is 23.5 Å². The molecule has 1 aliphatic heterocycles. The molecule has 124 valence electrons. The van der Waals surface area contributed by atoms with Crippen LogP contribution in [-0.4, -0.2) is 53.3 Å². The smallest absolute Gasteiger partial charge is 0.200 e. The molecule has 4 aromatic heterocycles. The fourth-order valence-electron chi connectivity index (χ4n) is 3.00. The lowest BCUT2D eigenvalue weighted by molar-refractivity contribution is 0.872. The first kappa shape index (κ1) is 13.7. The van der Waals surface area contributed by atoms with Crippen molar-refractivity contribution in [2.75, 3.05) is 11.6 Å². The number of hydrogen-bond donors (Lipinski definition) is 4. The van der Waals surface area contributed by atoms with Gasteiger partial charge >= 0.3 is 0 Å². The molecule has 10 heteroatoms. The molecule has 10 nitrogen and oxygen atoms in total. The van der Waals surface area contributed by atoms with Crippen molar-refractivity contribution in [1.29, 1.82) is 0 Å². The summed E-state index contributed by atoms with van der Waals surface area (Å²) in [6.07, 6.45) is 9.90. The van der Waals surface area contributed by atoms with Crippen LogP contribution in [0.25, 0.3) is 34.0 Å². The molecule has 0 saturated heterocycles. The summed E-state index contributed by atoms with van der Waals surface area (Å²) >= 11 is 0. The quantitative estimate of drug-likeness (QED) is 0.452. The van der Waals surface area contributed by atoms with Gasteiger partial charge in [-0.15, -0.1) is 5.10 Å². The van der Waals surface area contributed by atoms with Gasteiger partial charge in [0.05, 0.1) is 17.0 Å². The van der Waals surface area contributed by atoms with Crippen LogP contribution in [0, 0.1) is 0 Å². The summed E-state index contributed by atoms with van der Waals surface area (Å²) in [6.45, 7) is 0.781. The second kappa shape index (κ2) is 5.44. The van der Waals surface area contributed by atoms with E-state index in [4.69, 9.17) is 0 Å². The molecular formula is C15H14N10. The molecule has 0 radical (unpaired) electrons. The fraction of sp³-hybridized carbons (Fsp3) is 0.133. The molecule has 0 amide bonds. The zero-order chi connectivity index (χ0) is 16.6. The van der Waals surface area contributed by atoms with Crippen molar-refractivity contribution < 1.29 is 0 Å². The first-order chi connectivity index (χ1) is 12.4. The van der Waals surface area contributed by atoms with Gasteiger partial charge in [0, 0.05) is 49.5 Å². The Morgan fingerprint density at radius 3 is 2.88 bits per heavy atom. The van der Waals surface area contributed by atoms with Crippen LogP contribution in [0.4, 0.5) is 5.82 Å². The highest BCUT2D eigenvalue weighted by atomic mass is 15.5. The number of hydrazone groups is 1. The highest BCUT2D eigenvalue weighted by molar-refractivity contribution is 5.92. The van der Waals surface area contributed by atoms with E-state index in [2.05, 4.69) is 45.7 Å². The van der Waals surface area contributed by atoms with E-state index in [1.54, 1.807) is 18.6 Å². The van der Waals surface area contributed by atoms with Crippen LogP contribution in [-0.2, 0) is 0 Å². The molecule has 4 N–H and O–H groups in total. The lowest BCUT2D eigenvalue weighted by Gasteiger charge is -2.11. The first-order valence-electron chi connectivity index (χ1n) is 7.84. The van der Waals surface area contributed by atoms with Crippen LogP contribution in [0.2, 0.25) is 0 Å².